The summed E-state index contributed by atoms with van der Waals surface area (Å²) in [4.78, 5) is 28.3. The lowest BCUT2D eigenvalue weighted by Gasteiger charge is -2.53. The van der Waals surface area contributed by atoms with Crippen molar-refractivity contribution in [2.75, 3.05) is 51.0 Å². The number of nitrogens with zero attached hydrogens (tertiary/aromatic N) is 2. The Labute approximate surface area is 263 Å². The van der Waals surface area contributed by atoms with E-state index in [1.165, 1.54) is 7.11 Å². The Morgan fingerprint density at radius 2 is 2.04 bits per heavy atom. The molecule has 3 saturated heterocycles. The minimum absolute atomic E-state index is 0.103. The molecule has 1 aromatic rings. The van der Waals surface area contributed by atoms with Crippen molar-refractivity contribution in [3.8, 4) is 5.75 Å². The van der Waals surface area contributed by atoms with Gasteiger partial charge in [0.1, 0.15) is 29.7 Å². The Morgan fingerprint density at radius 1 is 1.27 bits per heavy atom. The highest BCUT2D eigenvalue weighted by Crippen LogP contribution is 2.54. The number of benzene rings is 1. The van der Waals surface area contributed by atoms with Crippen LogP contribution in [0.4, 0.5) is 11.4 Å². The summed E-state index contributed by atoms with van der Waals surface area (Å²) in [7, 11) is 1.54. The Hall–Kier alpha value is -2.75. The first-order valence-electron chi connectivity index (χ1n) is 16.1. The summed E-state index contributed by atoms with van der Waals surface area (Å²) < 4.78 is 17.3. The molecule has 1 aliphatic carbocycles. The first kappa shape index (κ1) is 33.6. The number of nitrogens with one attached hydrogen (secondary N) is 1. The van der Waals surface area contributed by atoms with Gasteiger partial charge in [-0.15, -0.1) is 10.1 Å². The van der Waals surface area contributed by atoms with Crippen LogP contribution in [0.1, 0.15) is 63.4 Å². The van der Waals surface area contributed by atoms with Crippen LogP contribution in [0.25, 0.3) is 0 Å². The van der Waals surface area contributed by atoms with Crippen molar-refractivity contribution in [3.63, 3.8) is 0 Å². The van der Waals surface area contributed by atoms with E-state index in [4.69, 9.17) is 19.9 Å². The Balaban J connectivity index is 1.26. The first-order chi connectivity index (χ1) is 21.6. The van der Waals surface area contributed by atoms with Crippen LogP contribution < -0.4 is 15.8 Å². The van der Waals surface area contributed by atoms with Crippen LogP contribution in [0.15, 0.2) is 12.1 Å². The van der Waals surface area contributed by atoms with Gasteiger partial charge in [0, 0.05) is 23.7 Å². The second-order valence-electron chi connectivity index (χ2n) is 13.4. The number of methoxy groups -OCH3 is 1. The van der Waals surface area contributed by atoms with Crippen LogP contribution in [-0.2, 0) is 25.5 Å². The Kier molecular flexibility index (Phi) is 10.7. The van der Waals surface area contributed by atoms with E-state index < -0.39 is 40.7 Å². The number of likely N-dealkylation sites (tertiary alicyclic amines) is 1. The van der Waals surface area contributed by atoms with E-state index in [1.807, 2.05) is 6.07 Å². The van der Waals surface area contributed by atoms with Gasteiger partial charge >= 0.3 is 0 Å². The third-order valence-electron chi connectivity index (χ3n) is 10.6. The van der Waals surface area contributed by atoms with Gasteiger partial charge in [0.15, 0.2) is 0 Å². The number of anilines is 2. The molecule has 14 nitrogen and oxygen atoms in total. The fraction of sp³-hybridized carbons (Fsp3) is 0.774. The number of hydrogen-bond acceptors (Lipinski definition) is 12. The van der Waals surface area contributed by atoms with Crippen LogP contribution in [0.5, 0.6) is 5.75 Å². The molecular formula is C31H48N4O10. The molecule has 1 aromatic carbocycles. The number of nitrogens with two attached hydrogens (primary N) is 1. The monoisotopic (exact) mass is 636 g/mol. The molecule has 252 valence electrons. The topological polar surface area (TPSA) is 199 Å². The molecule has 0 bridgehead atoms. The number of nitrogen functional groups attached to an aromatic ring is 1. The average molecular weight is 637 g/mol. The summed E-state index contributed by atoms with van der Waals surface area (Å²) in [5, 5.41) is 45.0. The van der Waals surface area contributed by atoms with E-state index in [2.05, 4.69) is 15.1 Å². The lowest BCUT2D eigenvalue weighted by Crippen LogP contribution is -2.63. The molecule has 5 rings (SSSR count). The van der Waals surface area contributed by atoms with E-state index in [-0.39, 0.29) is 25.6 Å². The minimum atomic E-state index is -1.45. The second kappa shape index (κ2) is 14.3. The van der Waals surface area contributed by atoms with E-state index in [0.29, 0.717) is 42.4 Å². The highest BCUT2D eigenvalue weighted by molar-refractivity contribution is 5.78. The zero-order valence-corrected chi connectivity index (χ0v) is 26.0. The number of aliphatic hydroxyl groups excluding tert-OH is 2. The molecule has 4 aliphatic rings. The molecule has 0 spiro atoms. The molecule has 1 saturated carbocycles. The van der Waals surface area contributed by atoms with Crippen molar-refractivity contribution in [2.24, 2.45) is 17.3 Å². The van der Waals surface area contributed by atoms with Crippen LogP contribution in [0.2, 0.25) is 0 Å². The van der Waals surface area contributed by atoms with Crippen molar-refractivity contribution in [1.82, 2.24) is 4.90 Å². The summed E-state index contributed by atoms with van der Waals surface area (Å²) in [5.74, 6) is 1.17. The van der Waals surface area contributed by atoms with Gasteiger partial charge in [0.2, 0.25) is 12.7 Å². The number of fused-ring (bicyclic) bond motifs is 1. The molecule has 1 amide bonds. The van der Waals surface area contributed by atoms with Crippen LogP contribution in [-0.4, -0.2) is 102 Å². The Bertz CT molecular complexity index is 1180. The van der Waals surface area contributed by atoms with E-state index in [1.54, 1.807) is 6.07 Å². The number of amides is 1. The average Bonchev–Trinajstić information content (AvgIpc) is 3.56. The zero-order chi connectivity index (χ0) is 32.2. The fourth-order valence-electron chi connectivity index (χ4n) is 8.35. The number of aliphatic hydroxyl groups is 3. The number of ether oxygens (including phenoxy) is 3. The summed E-state index contributed by atoms with van der Waals surface area (Å²) >= 11 is 0. The smallest absolute Gasteiger partial charge is 0.297 e. The molecule has 6 N–H and O–H groups in total. The van der Waals surface area contributed by atoms with Crippen molar-refractivity contribution >= 4 is 17.8 Å². The molecule has 4 fully saturated rings. The summed E-state index contributed by atoms with van der Waals surface area (Å²) in [6, 6.07) is 3.63. The van der Waals surface area contributed by atoms with Gasteiger partial charge in [-0.05, 0) is 81.5 Å². The molecule has 45 heavy (non-hydrogen) atoms. The number of piperidine rings is 1. The van der Waals surface area contributed by atoms with Gasteiger partial charge in [-0.2, -0.15) is 0 Å². The van der Waals surface area contributed by atoms with Gasteiger partial charge in [-0.1, -0.05) is 19.3 Å². The van der Waals surface area contributed by atoms with E-state index in [0.717, 1.165) is 70.0 Å². The molecule has 0 radical (unpaired) electrons. The maximum absolute atomic E-state index is 12.4. The number of carbonyl (C=O) groups is 1. The molecule has 14 heteroatoms. The van der Waals surface area contributed by atoms with Crippen molar-refractivity contribution in [3.05, 3.63) is 27.8 Å². The Morgan fingerprint density at radius 3 is 2.76 bits per heavy atom. The van der Waals surface area contributed by atoms with Crippen molar-refractivity contribution < 1.29 is 44.2 Å². The molecule has 3 heterocycles. The third-order valence-corrected chi connectivity index (χ3v) is 10.6. The fourth-order valence-corrected chi connectivity index (χ4v) is 8.35. The van der Waals surface area contributed by atoms with E-state index in [9.17, 15) is 30.2 Å². The van der Waals surface area contributed by atoms with Gasteiger partial charge in [0.25, 0.3) is 5.09 Å². The number of hydrogen-bond donors (Lipinski definition) is 5. The van der Waals surface area contributed by atoms with Crippen molar-refractivity contribution in [1.29, 1.82) is 0 Å². The first-order valence-corrected chi connectivity index (χ1v) is 16.1. The number of carbonyl (C=O) groups excluding carboxylic acids is 1. The highest BCUT2D eigenvalue weighted by Gasteiger charge is 2.65. The lowest BCUT2D eigenvalue weighted by molar-refractivity contribution is -0.780. The van der Waals surface area contributed by atoms with Crippen LogP contribution >= 0.6 is 0 Å². The van der Waals surface area contributed by atoms with Crippen LogP contribution in [0, 0.1) is 27.4 Å². The quantitative estimate of drug-likeness (QED) is 0.0654. The molecular weight excluding hydrogens is 588 g/mol. The maximum Gasteiger partial charge on any atom is 0.297 e. The molecule has 0 aromatic heterocycles. The molecule has 3 unspecified atom stereocenters. The zero-order valence-electron chi connectivity index (χ0n) is 26.0. The predicted molar refractivity (Wildman–Crippen MR) is 163 cm³/mol. The van der Waals surface area contributed by atoms with Crippen molar-refractivity contribution in [2.45, 2.75) is 94.4 Å². The van der Waals surface area contributed by atoms with Gasteiger partial charge in [-0.25, -0.2) is 0 Å². The van der Waals surface area contributed by atoms with Gasteiger partial charge < -0.3 is 45.5 Å². The summed E-state index contributed by atoms with van der Waals surface area (Å²) in [6.07, 6.45) is 4.81. The summed E-state index contributed by atoms with van der Waals surface area (Å²) in [6.45, 7) is 2.61. The van der Waals surface area contributed by atoms with Gasteiger partial charge in [-0.3, -0.25) is 9.63 Å². The predicted octanol–water partition coefficient (Wildman–Crippen LogP) is 1.86. The van der Waals surface area contributed by atoms with Crippen LogP contribution in [0.3, 0.4) is 0 Å². The maximum atomic E-state index is 12.4. The van der Waals surface area contributed by atoms with Gasteiger partial charge in [0.05, 0.1) is 26.0 Å². The second-order valence-corrected chi connectivity index (χ2v) is 13.4. The normalized spacial score (nSPS) is 33.0. The largest absolute Gasteiger partial charge is 0.494 e. The minimum Gasteiger partial charge on any atom is -0.494 e. The lowest BCUT2D eigenvalue weighted by atomic mass is 9.58. The SMILES string of the molecule is COc1cc(N)c(CC2CCN(CC3([C@@]4(O)CO[C@@H]5[C@H](O)CO[C@@H]54)CCCC(CCCC(O)O[N+](=O)[O-])C3)CC2)cc1NC=O. The third kappa shape index (κ3) is 7.31. The standard InChI is InChI=1S/C31H48N4O10/c1-42-26-14-23(32)22(13-24(26)33-19-36)12-20-7-10-34(11-8-20)17-30(31(39)18-44-28-25(37)16-43-29(28)31)9-3-5-21(15-30)4-2-6-27(38)45-35(40)41/h13-14,19-21,25,27-29,37-39H,2-12,15-18,32H2,1H3,(H,33,36)/t21?,25-,27?,28-,29+,30?,31-/m1/s1. The van der Waals surface area contributed by atoms with E-state index >= 15 is 0 Å². The molecule has 3 aliphatic heterocycles. The highest BCUT2D eigenvalue weighted by atomic mass is 17.0. The molecule has 7 atom stereocenters. The number of rotatable bonds is 14. The summed E-state index contributed by atoms with van der Waals surface area (Å²) in [5.41, 5.74) is 6.74.